The quantitative estimate of drug-likeness (QED) is 0.671. The molecular formula is C14H16N2O5S2. The summed E-state index contributed by atoms with van der Waals surface area (Å²) in [7, 11) is -6.59. The van der Waals surface area contributed by atoms with Gasteiger partial charge >= 0.3 is 0 Å². The van der Waals surface area contributed by atoms with Crippen LogP contribution in [0.15, 0.2) is 47.4 Å². The number of anilines is 1. The molecule has 0 unspecified atom stereocenters. The van der Waals surface area contributed by atoms with E-state index in [1.54, 1.807) is 30.3 Å². The van der Waals surface area contributed by atoms with Crippen LogP contribution in [0, 0.1) is 0 Å². The van der Waals surface area contributed by atoms with Crippen molar-refractivity contribution in [2.45, 2.75) is 11.4 Å². The van der Waals surface area contributed by atoms with Crippen LogP contribution in [0.1, 0.15) is 5.56 Å². The van der Waals surface area contributed by atoms with Gasteiger partial charge in [-0.05, 0) is 23.8 Å². The molecule has 4 N–H and O–H groups in total. The molecule has 1 aliphatic rings. The van der Waals surface area contributed by atoms with Gasteiger partial charge in [0.05, 0.1) is 16.8 Å². The summed E-state index contributed by atoms with van der Waals surface area (Å²) < 4.78 is 53.8. The van der Waals surface area contributed by atoms with Crippen LogP contribution >= 0.6 is 10.8 Å². The van der Waals surface area contributed by atoms with Gasteiger partial charge in [-0.15, -0.1) is 10.8 Å². The van der Waals surface area contributed by atoms with E-state index in [1.807, 2.05) is 6.07 Å². The fourth-order valence-corrected chi connectivity index (χ4v) is 4.08. The van der Waals surface area contributed by atoms with Gasteiger partial charge in [-0.1, -0.05) is 18.2 Å². The average Bonchev–Trinajstić information content (AvgIpc) is 2.74. The van der Waals surface area contributed by atoms with Crippen molar-refractivity contribution in [1.82, 2.24) is 4.72 Å². The molecule has 1 heterocycles. The molecule has 7 nitrogen and oxygen atoms in total. The van der Waals surface area contributed by atoms with Crippen LogP contribution in [0.2, 0.25) is 0 Å². The van der Waals surface area contributed by atoms with Gasteiger partial charge < -0.3 is 4.74 Å². The van der Waals surface area contributed by atoms with E-state index in [1.165, 1.54) is 6.07 Å². The van der Waals surface area contributed by atoms with E-state index >= 15 is 0 Å². The maximum absolute atomic E-state index is 11.6. The van der Waals surface area contributed by atoms with Crippen LogP contribution in [0.3, 0.4) is 0 Å². The topological polar surface area (TPSA) is 108 Å². The third-order valence-electron chi connectivity index (χ3n) is 3.20. The summed E-state index contributed by atoms with van der Waals surface area (Å²) in [6, 6.07) is 11.8. The molecule has 23 heavy (non-hydrogen) atoms. The number of para-hydroxylation sites is 1. The Morgan fingerprint density at radius 2 is 1.91 bits per heavy atom. The molecule has 0 aliphatic carbocycles. The fourth-order valence-electron chi connectivity index (χ4n) is 2.24. The van der Waals surface area contributed by atoms with Gasteiger partial charge in [0.15, 0.2) is 5.75 Å². The fraction of sp³-hybridized carbons (Fsp3) is 0.143. The highest BCUT2D eigenvalue weighted by molar-refractivity contribution is 8.22. The van der Waals surface area contributed by atoms with Gasteiger partial charge in [-0.25, -0.2) is 13.1 Å². The zero-order valence-electron chi connectivity index (χ0n) is 12.2. The predicted molar refractivity (Wildman–Crippen MR) is 89.4 cm³/mol. The zero-order chi connectivity index (χ0) is 16.7. The molecule has 0 radical (unpaired) electrons. The van der Waals surface area contributed by atoms with E-state index in [0.717, 1.165) is 6.26 Å². The Kier molecular flexibility index (Phi) is 3.98. The van der Waals surface area contributed by atoms with Crippen LogP contribution in [-0.2, 0) is 16.6 Å². The third kappa shape index (κ3) is 3.59. The highest BCUT2D eigenvalue weighted by Crippen LogP contribution is 2.53. The molecule has 0 spiro atoms. The summed E-state index contributed by atoms with van der Waals surface area (Å²) >= 11 is 0. The highest BCUT2D eigenvalue weighted by Gasteiger charge is 2.29. The van der Waals surface area contributed by atoms with Gasteiger partial charge in [-0.2, -0.15) is 0 Å². The maximum atomic E-state index is 11.6. The lowest BCUT2D eigenvalue weighted by Crippen LogP contribution is -2.11. The van der Waals surface area contributed by atoms with Crippen LogP contribution < -0.4 is 14.2 Å². The van der Waals surface area contributed by atoms with Crippen LogP contribution in [0.25, 0.3) is 0 Å². The maximum Gasteiger partial charge on any atom is 0.229 e. The molecule has 2 aromatic rings. The number of ether oxygens (including phenoxy) is 1. The zero-order valence-corrected chi connectivity index (χ0v) is 13.8. The molecule has 0 aromatic heterocycles. The molecule has 3 rings (SSSR count). The number of hydrogen-bond acceptors (Lipinski definition) is 6. The second-order valence-corrected chi connectivity index (χ2v) is 8.69. The molecule has 0 saturated heterocycles. The Balaban J connectivity index is 2.07. The highest BCUT2D eigenvalue weighted by atomic mass is 32.3. The Bertz CT molecular complexity index is 838. The number of sulfonamides is 1. The van der Waals surface area contributed by atoms with E-state index in [2.05, 4.69) is 9.44 Å². The smallest absolute Gasteiger partial charge is 0.229 e. The lowest BCUT2D eigenvalue weighted by molar-refractivity contribution is 0.472. The number of rotatable bonds is 4. The Morgan fingerprint density at radius 3 is 2.57 bits per heavy atom. The Hall–Kier alpha value is -1.78. The first-order valence-electron chi connectivity index (χ1n) is 6.65. The van der Waals surface area contributed by atoms with E-state index in [0.29, 0.717) is 16.2 Å². The second-order valence-electron chi connectivity index (χ2n) is 5.12. The third-order valence-corrected chi connectivity index (χ3v) is 5.33. The summed E-state index contributed by atoms with van der Waals surface area (Å²) in [5.74, 6) is 0.704. The number of fused-ring (bicyclic) bond motifs is 1. The standard InChI is InChI=1S/C14H16N2O5S2/c1-22(17,18)16-12-7-10-9-15-23(19,20)14(10)8-13(12)21-11-5-3-2-4-6-11/h2-8,15-16,19-20H,9H2,1H3. The lowest BCUT2D eigenvalue weighted by atomic mass is 10.2. The minimum atomic E-state index is -3.51. The monoisotopic (exact) mass is 356 g/mol. The molecular weight excluding hydrogens is 340 g/mol. The SMILES string of the molecule is CS(=O)(=O)Nc1cc2c(cc1Oc1ccccc1)S(O)(O)NC2. The Morgan fingerprint density at radius 1 is 1.22 bits per heavy atom. The summed E-state index contributed by atoms with van der Waals surface area (Å²) in [6.07, 6.45) is 1.04. The average molecular weight is 356 g/mol. The summed E-state index contributed by atoms with van der Waals surface area (Å²) in [4.78, 5) is 0.308. The Labute approximate surface area is 135 Å². The first-order valence-corrected chi connectivity index (χ1v) is 10.1. The predicted octanol–water partition coefficient (Wildman–Crippen LogP) is 2.98. The first kappa shape index (κ1) is 16.1. The number of hydrogen-bond donors (Lipinski definition) is 4. The van der Waals surface area contributed by atoms with Crippen LogP contribution in [-0.4, -0.2) is 23.8 Å². The van der Waals surface area contributed by atoms with Crippen molar-refractivity contribution >= 4 is 26.5 Å². The molecule has 0 bridgehead atoms. The summed E-state index contributed by atoms with van der Waals surface area (Å²) in [6.45, 7) is 0.238. The van der Waals surface area contributed by atoms with Crippen molar-refractivity contribution in [3.8, 4) is 11.5 Å². The van der Waals surface area contributed by atoms with Gasteiger partial charge in [-0.3, -0.25) is 13.8 Å². The van der Waals surface area contributed by atoms with Crippen LogP contribution in [0.5, 0.6) is 11.5 Å². The normalized spacial score (nSPS) is 17.3. The van der Waals surface area contributed by atoms with Gasteiger partial charge in [0.25, 0.3) is 0 Å². The molecule has 0 fully saturated rings. The minimum absolute atomic E-state index is 0.198. The van der Waals surface area contributed by atoms with E-state index in [9.17, 15) is 17.5 Å². The molecule has 0 atom stereocenters. The van der Waals surface area contributed by atoms with Crippen molar-refractivity contribution in [2.24, 2.45) is 0 Å². The van der Waals surface area contributed by atoms with E-state index in [4.69, 9.17) is 4.74 Å². The van der Waals surface area contributed by atoms with Crippen molar-refractivity contribution in [3.05, 3.63) is 48.0 Å². The molecule has 124 valence electrons. The molecule has 9 heteroatoms. The largest absolute Gasteiger partial charge is 0.455 e. The number of nitrogens with one attached hydrogen (secondary N) is 2. The van der Waals surface area contributed by atoms with Crippen LogP contribution in [0.4, 0.5) is 5.69 Å². The van der Waals surface area contributed by atoms with E-state index in [-0.39, 0.29) is 18.0 Å². The summed E-state index contributed by atoms with van der Waals surface area (Å²) in [5, 5.41) is 0. The van der Waals surface area contributed by atoms with E-state index < -0.39 is 20.8 Å². The summed E-state index contributed by atoms with van der Waals surface area (Å²) in [5.41, 5.74) is 0.852. The van der Waals surface area contributed by atoms with Crippen molar-refractivity contribution in [1.29, 1.82) is 0 Å². The van der Waals surface area contributed by atoms with Crippen molar-refractivity contribution in [3.63, 3.8) is 0 Å². The molecule has 0 saturated carbocycles. The van der Waals surface area contributed by atoms with Gasteiger partial charge in [0, 0.05) is 12.6 Å². The van der Waals surface area contributed by atoms with Crippen molar-refractivity contribution in [2.75, 3.05) is 11.0 Å². The van der Waals surface area contributed by atoms with Crippen molar-refractivity contribution < 1.29 is 22.3 Å². The van der Waals surface area contributed by atoms with Gasteiger partial charge in [0.1, 0.15) is 5.75 Å². The second kappa shape index (κ2) is 5.69. The minimum Gasteiger partial charge on any atom is -0.455 e. The molecule has 1 aliphatic heterocycles. The first-order chi connectivity index (χ1) is 10.7. The lowest BCUT2D eigenvalue weighted by Gasteiger charge is -2.27. The van der Waals surface area contributed by atoms with Gasteiger partial charge in [0.2, 0.25) is 10.0 Å². The molecule has 0 amide bonds. The number of benzene rings is 2. The molecule has 2 aromatic carbocycles.